The summed E-state index contributed by atoms with van der Waals surface area (Å²) in [5.41, 5.74) is 1.90. The first kappa shape index (κ1) is 15.1. The van der Waals surface area contributed by atoms with Crippen LogP contribution in [0.15, 0.2) is 52.3 Å². The largest absolute Gasteiger partial charge is 0.488 e. The highest BCUT2D eigenvalue weighted by atomic mass is 32.2. The van der Waals surface area contributed by atoms with Crippen LogP contribution in [-0.2, 0) is 6.42 Å². The highest BCUT2D eigenvalue weighted by molar-refractivity contribution is 7.99. The smallest absolute Gasteiger partial charge is 0.168 e. The molecule has 3 rings (SSSR count). The molecule has 1 aliphatic heterocycles. The molecule has 1 aliphatic rings. The topological polar surface area (TPSA) is 30.7 Å². The molecule has 2 aromatic rings. The van der Waals surface area contributed by atoms with Crippen LogP contribution in [-0.4, -0.2) is 33.0 Å². The summed E-state index contributed by atoms with van der Waals surface area (Å²) < 4.78 is 5.80. The van der Waals surface area contributed by atoms with Gasteiger partial charge >= 0.3 is 0 Å². The summed E-state index contributed by atoms with van der Waals surface area (Å²) in [5.74, 6) is 1.01. The number of Topliss-reactive ketones (excluding diaryl/α,β-unsaturated/α-hetero) is 1. The molecular weight excluding hydrogens is 294 g/mol. The normalized spacial score (nSPS) is 13.5. The number of rotatable bonds is 4. The lowest BCUT2D eigenvalue weighted by molar-refractivity contribution is -0.858. The van der Waals surface area contributed by atoms with Gasteiger partial charge in [0.25, 0.3) is 0 Å². The fourth-order valence-corrected chi connectivity index (χ4v) is 3.54. The molecule has 0 radical (unpaired) electrons. The number of quaternary nitrogens is 1. The second-order valence-corrected chi connectivity index (χ2v) is 6.86. The van der Waals surface area contributed by atoms with Gasteiger partial charge in [-0.15, -0.1) is 0 Å². The molecule has 0 saturated carbocycles. The maximum absolute atomic E-state index is 12.4. The lowest BCUT2D eigenvalue weighted by Gasteiger charge is -2.11. The molecule has 3 nitrogen and oxygen atoms in total. The van der Waals surface area contributed by atoms with Gasteiger partial charge in [0.15, 0.2) is 5.78 Å². The molecule has 1 N–H and O–H groups in total. The van der Waals surface area contributed by atoms with E-state index in [9.17, 15) is 4.79 Å². The zero-order chi connectivity index (χ0) is 15.5. The van der Waals surface area contributed by atoms with E-state index >= 15 is 0 Å². The fourth-order valence-electron chi connectivity index (χ4n) is 2.42. The van der Waals surface area contributed by atoms with Gasteiger partial charge < -0.3 is 9.64 Å². The van der Waals surface area contributed by atoms with Crippen molar-refractivity contribution in [3.05, 3.63) is 53.6 Å². The molecule has 0 atom stereocenters. The number of hydrogen-bond acceptors (Lipinski definition) is 3. The van der Waals surface area contributed by atoms with E-state index in [4.69, 9.17) is 4.74 Å². The summed E-state index contributed by atoms with van der Waals surface area (Å²) >= 11 is 1.65. The number of fused-ring (bicyclic) bond motifs is 2. The van der Waals surface area contributed by atoms with Gasteiger partial charge in [-0.25, -0.2) is 0 Å². The Balaban J connectivity index is 1.86. The summed E-state index contributed by atoms with van der Waals surface area (Å²) in [6.45, 7) is 1.63. The molecule has 1 heterocycles. The van der Waals surface area contributed by atoms with Gasteiger partial charge in [-0.05, 0) is 29.8 Å². The molecule has 114 valence electrons. The van der Waals surface area contributed by atoms with Crippen molar-refractivity contribution >= 4 is 17.5 Å². The fraction of sp³-hybridized carbons (Fsp3) is 0.278. The van der Waals surface area contributed by atoms with Crippen LogP contribution in [0.4, 0.5) is 0 Å². The minimum atomic E-state index is 0.178. The molecule has 4 heteroatoms. The van der Waals surface area contributed by atoms with Crippen molar-refractivity contribution in [1.29, 1.82) is 0 Å². The van der Waals surface area contributed by atoms with Crippen molar-refractivity contribution in [2.24, 2.45) is 0 Å². The molecule has 0 spiro atoms. The van der Waals surface area contributed by atoms with E-state index in [1.54, 1.807) is 11.8 Å². The first-order valence-corrected chi connectivity index (χ1v) is 8.30. The second kappa shape index (κ2) is 6.55. The third-order valence-electron chi connectivity index (χ3n) is 3.67. The Morgan fingerprint density at radius 2 is 1.95 bits per heavy atom. The molecule has 0 saturated heterocycles. The van der Waals surface area contributed by atoms with Gasteiger partial charge in [0, 0.05) is 21.8 Å². The highest BCUT2D eigenvalue weighted by Gasteiger charge is 2.20. The summed E-state index contributed by atoms with van der Waals surface area (Å²) in [7, 11) is 4.21. The second-order valence-electron chi connectivity index (χ2n) is 5.77. The number of carbonyl (C=O) groups is 1. The molecule has 22 heavy (non-hydrogen) atoms. The molecule has 0 bridgehead atoms. The molecule has 0 amide bonds. The Kier molecular flexibility index (Phi) is 4.50. The quantitative estimate of drug-likeness (QED) is 0.937. The van der Waals surface area contributed by atoms with Gasteiger partial charge in [0.2, 0.25) is 0 Å². The number of ketones is 1. The Bertz CT molecular complexity index is 697. The van der Waals surface area contributed by atoms with Gasteiger partial charge in [0.1, 0.15) is 18.9 Å². The Hall–Kier alpha value is -1.78. The average molecular weight is 314 g/mol. The number of carbonyl (C=O) groups excluding carboxylic acids is 1. The van der Waals surface area contributed by atoms with E-state index in [2.05, 4.69) is 20.2 Å². The number of benzene rings is 2. The maximum Gasteiger partial charge on any atom is 0.168 e. The van der Waals surface area contributed by atoms with Crippen molar-refractivity contribution in [2.75, 3.05) is 27.2 Å². The maximum atomic E-state index is 12.4. The number of hydrogen-bond donors (Lipinski definition) is 1. The first-order valence-electron chi connectivity index (χ1n) is 7.48. The van der Waals surface area contributed by atoms with Crippen LogP contribution in [0.2, 0.25) is 0 Å². The number of ether oxygens (including phenoxy) is 1. The van der Waals surface area contributed by atoms with E-state index in [-0.39, 0.29) is 5.78 Å². The summed E-state index contributed by atoms with van der Waals surface area (Å²) in [6, 6.07) is 13.9. The number of nitrogens with one attached hydrogen (secondary N) is 1. The SMILES string of the molecule is C[NH+](C)CCOc1ccc2c(c1)Sc1ccccc1CC2=O. The highest BCUT2D eigenvalue weighted by Crippen LogP contribution is 2.38. The summed E-state index contributed by atoms with van der Waals surface area (Å²) in [5, 5.41) is 0. The zero-order valence-corrected chi connectivity index (χ0v) is 13.7. The molecule has 0 unspecified atom stereocenters. The van der Waals surface area contributed by atoms with Gasteiger partial charge in [0.05, 0.1) is 14.1 Å². The van der Waals surface area contributed by atoms with Gasteiger partial charge in [-0.2, -0.15) is 0 Å². The monoisotopic (exact) mass is 314 g/mol. The van der Waals surface area contributed by atoms with Gasteiger partial charge in [-0.1, -0.05) is 30.0 Å². The van der Waals surface area contributed by atoms with Crippen molar-refractivity contribution < 1.29 is 14.4 Å². The predicted molar refractivity (Wildman–Crippen MR) is 88.2 cm³/mol. The molecule has 2 aromatic carbocycles. The van der Waals surface area contributed by atoms with E-state index in [0.717, 1.165) is 33.2 Å². The zero-order valence-electron chi connectivity index (χ0n) is 12.9. The van der Waals surface area contributed by atoms with Gasteiger partial charge in [-0.3, -0.25) is 4.79 Å². The van der Waals surface area contributed by atoms with Crippen molar-refractivity contribution in [2.45, 2.75) is 16.2 Å². The minimum Gasteiger partial charge on any atom is -0.488 e. The summed E-state index contributed by atoms with van der Waals surface area (Å²) in [6.07, 6.45) is 0.473. The van der Waals surface area contributed by atoms with Crippen molar-refractivity contribution in [3.8, 4) is 5.75 Å². The van der Waals surface area contributed by atoms with Crippen molar-refractivity contribution in [1.82, 2.24) is 0 Å². The summed E-state index contributed by atoms with van der Waals surface area (Å²) in [4.78, 5) is 15.9. The van der Waals surface area contributed by atoms with Crippen LogP contribution in [0.1, 0.15) is 15.9 Å². The third-order valence-corrected chi connectivity index (χ3v) is 4.84. The van der Waals surface area contributed by atoms with Crippen LogP contribution < -0.4 is 9.64 Å². The lowest BCUT2D eigenvalue weighted by atomic mass is 10.0. The first-order chi connectivity index (χ1) is 10.6. The van der Waals surface area contributed by atoms with Crippen LogP contribution in [0.25, 0.3) is 0 Å². The standard InChI is InChI=1S/C18H19NO2S/c1-19(2)9-10-21-14-7-8-15-16(20)11-13-5-3-4-6-17(13)22-18(15)12-14/h3-8,12H,9-11H2,1-2H3/p+1. The van der Waals surface area contributed by atoms with Crippen LogP contribution in [0.3, 0.4) is 0 Å². The predicted octanol–water partition coefficient (Wildman–Crippen LogP) is 2.10. The molecule has 0 aliphatic carbocycles. The lowest BCUT2D eigenvalue weighted by Crippen LogP contribution is -3.06. The number of likely N-dealkylation sites (N-methyl/N-ethyl adjacent to an activating group) is 1. The Labute approximate surface area is 135 Å². The Morgan fingerprint density at radius 1 is 1.14 bits per heavy atom. The van der Waals surface area contributed by atoms with E-state index in [1.807, 2.05) is 36.4 Å². The van der Waals surface area contributed by atoms with E-state index < -0.39 is 0 Å². The minimum absolute atomic E-state index is 0.178. The van der Waals surface area contributed by atoms with Crippen LogP contribution in [0, 0.1) is 0 Å². The van der Waals surface area contributed by atoms with Crippen LogP contribution in [0.5, 0.6) is 5.75 Å². The van der Waals surface area contributed by atoms with E-state index in [1.165, 1.54) is 4.90 Å². The van der Waals surface area contributed by atoms with Crippen molar-refractivity contribution in [3.63, 3.8) is 0 Å². The molecule has 0 aromatic heterocycles. The third kappa shape index (κ3) is 3.34. The van der Waals surface area contributed by atoms with E-state index in [0.29, 0.717) is 13.0 Å². The molecular formula is C18H20NO2S+. The van der Waals surface area contributed by atoms with Crippen LogP contribution >= 0.6 is 11.8 Å². The average Bonchev–Trinajstić information content (AvgIpc) is 2.62. The Morgan fingerprint density at radius 3 is 2.77 bits per heavy atom. The molecule has 0 fully saturated rings.